The lowest BCUT2D eigenvalue weighted by atomic mass is 10.1. The number of aromatic nitrogens is 2. The molecule has 0 unspecified atom stereocenters. The number of H-pyrrole nitrogens is 1. The van der Waals surface area contributed by atoms with Crippen molar-refractivity contribution in [2.75, 3.05) is 0 Å². The number of Topliss-reactive ketones (excluding diaryl/α,β-unsaturated/α-hetero) is 1. The summed E-state index contributed by atoms with van der Waals surface area (Å²) in [6.45, 7) is 7.58. The summed E-state index contributed by atoms with van der Waals surface area (Å²) in [4.78, 5) is 26.9. The maximum Gasteiger partial charge on any atom is 0.268 e. The molecule has 0 aliphatic rings. The molecule has 2 aromatic rings. The Morgan fingerprint density at radius 2 is 1.90 bits per heavy atom. The number of carbonyl (C=O) groups excluding carboxylic acids is 2. The normalized spacial score (nSPS) is 10.7. The molecule has 21 heavy (non-hydrogen) atoms. The van der Waals surface area contributed by atoms with E-state index in [9.17, 15) is 9.59 Å². The third-order valence-electron chi connectivity index (χ3n) is 3.92. The van der Waals surface area contributed by atoms with E-state index in [0.717, 1.165) is 17.1 Å². The Morgan fingerprint density at radius 1 is 1.24 bits per heavy atom. The number of nitrogens with zero attached hydrogens (tertiary/aromatic N) is 1. The first-order valence-corrected chi connectivity index (χ1v) is 6.92. The van der Waals surface area contributed by atoms with Gasteiger partial charge in [0.25, 0.3) is 5.91 Å². The van der Waals surface area contributed by atoms with Gasteiger partial charge in [-0.3, -0.25) is 9.59 Å². The number of carbonyl (C=O) groups is 2. The molecule has 2 heterocycles. The molecule has 112 valence electrons. The first-order valence-electron chi connectivity index (χ1n) is 6.92. The minimum atomic E-state index is -0.193. The molecule has 5 nitrogen and oxygen atoms in total. The quantitative estimate of drug-likeness (QED) is 0.848. The lowest BCUT2D eigenvalue weighted by Gasteiger charge is -2.07. The van der Waals surface area contributed by atoms with Crippen LogP contribution in [0.3, 0.4) is 0 Å². The number of hydrogen-bond donors (Lipinski definition) is 2. The first kappa shape index (κ1) is 15.1. The molecule has 0 saturated heterocycles. The van der Waals surface area contributed by atoms with Crippen LogP contribution in [0.25, 0.3) is 0 Å². The lowest BCUT2D eigenvalue weighted by Crippen LogP contribution is -2.25. The molecule has 2 N–H and O–H groups in total. The number of ketones is 1. The molecule has 2 rings (SSSR count). The third kappa shape index (κ3) is 2.77. The first-order chi connectivity index (χ1) is 9.82. The molecule has 0 aliphatic heterocycles. The van der Waals surface area contributed by atoms with Crippen molar-refractivity contribution in [2.24, 2.45) is 7.05 Å². The highest BCUT2D eigenvalue weighted by Gasteiger charge is 2.19. The average molecular weight is 287 g/mol. The summed E-state index contributed by atoms with van der Waals surface area (Å²) in [6.07, 6.45) is 0. The Bertz CT molecular complexity index is 707. The fourth-order valence-electron chi connectivity index (χ4n) is 2.61. The van der Waals surface area contributed by atoms with Crippen LogP contribution in [0.4, 0.5) is 0 Å². The number of amides is 1. The molecule has 0 fully saturated rings. The predicted molar refractivity (Wildman–Crippen MR) is 81.6 cm³/mol. The molecule has 5 heteroatoms. The monoisotopic (exact) mass is 287 g/mol. The molecule has 0 aromatic carbocycles. The van der Waals surface area contributed by atoms with Gasteiger partial charge in [-0.1, -0.05) is 0 Å². The summed E-state index contributed by atoms with van der Waals surface area (Å²) in [5.41, 5.74) is 4.69. The molecule has 0 radical (unpaired) electrons. The van der Waals surface area contributed by atoms with E-state index in [2.05, 4.69) is 10.3 Å². The molecule has 2 aromatic heterocycles. The van der Waals surface area contributed by atoms with Gasteiger partial charge in [0.05, 0.1) is 6.54 Å². The predicted octanol–water partition coefficient (Wildman–Crippen LogP) is 2.41. The second kappa shape index (κ2) is 5.60. The zero-order valence-electron chi connectivity index (χ0n) is 13.1. The van der Waals surface area contributed by atoms with Crippen LogP contribution in [0.15, 0.2) is 12.1 Å². The Labute approximate surface area is 124 Å². The number of nitrogens with one attached hydrogen (secondary N) is 2. The zero-order valence-corrected chi connectivity index (χ0v) is 13.1. The molecule has 0 atom stereocenters. The molecular weight excluding hydrogens is 266 g/mol. The molecule has 0 bridgehead atoms. The van der Waals surface area contributed by atoms with Crippen LogP contribution in [0.5, 0.6) is 0 Å². The standard InChI is InChI=1S/C16H21N3O2/c1-9-6-7-13(19(9)5)8-17-16(21)15-10(2)14(12(4)20)11(3)18-15/h6-7,18H,8H2,1-5H3,(H,17,21). The van der Waals surface area contributed by atoms with Gasteiger partial charge in [-0.15, -0.1) is 0 Å². The van der Waals surface area contributed by atoms with Crippen molar-refractivity contribution in [3.8, 4) is 0 Å². The van der Waals surface area contributed by atoms with E-state index in [1.807, 2.05) is 30.7 Å². The van der Waals surface area contributed by atoms with Crippen LogP contribution in [-0.4, -0.2) is 21.2 Å². The smallest absolute Gasteiger partial charge is 0.268 e. The topological polar surface area (TPSA) is 66.9 Å². The second-order valence-corrected chi connectivity index (χ2v) is 5.39. The van der Waals surface area contributed by atoms with Crippen LogP contribution < -0.4 is 5.32 Å². The van der Waals surface area contributed by atoms with E-state index in [1.165, 1.54) is 6.92 Å². The van der Waals surface area contributed by atoms with Gasteiger partial charge in [0.15, 0.2) is 5.78 Å². The van der Waals surface area contributed by atoms with Crippen molar-refractivity contribution >= 4 is 11.7 Å². The van der Waals surface area contributed by atoms with Crippen LogP contribution in [0.2, 0.25) is 0 Å². The van der Waals surface area contributed by atoms with Gasteiger partial charge in [0.1, 0.15) is 5.69 Å². The fourth-order valence-corrected chi connectivity index (χ4v) is 2.61. The second-order valence-electron chi connectivity index (χ2n) is 5.39. The van der Waals surface area contributed by atoms with Gasteiger partial charge in [-0.2, -0.15) is 0 Å². The van der Waals surface area contributed by atoms with E-state index in [-0.39, 0.29) is 11.7 Å². The summed E-state index contributed by atoms with van der Waals surface area (Å²) in [5.74, 6) is -0.222. The summed E-state index contributed by atoms with van der Waals surface area (Å²) in [7, 11) is 1.97. The van der Waals surface area contributed by atoms with Crippen molar-refractivity contribution in [1.82, 2.24) is 14.9 Å². The van der Waals surface area contributed by atoms with E-state index < -0.39 is 0 Å². The molecule has 1 amide bonds. The third-order valence-corrected chi connectivity index (χ3v) is 3.92. The van der Waals surface area contributed by atoms with Crippen LogP contribution in [-0.2, 0) is 13.6 Å². The van der Waals surface area contributed by atoms with Crippen molar-refractivity contribution < 1.29 is 9.59 Å². The van der Waals surface area contributed by atoms with Gasteiger partial charge < -0.3 is 14.9 Å². The van der Waals surface area contributed by atoms with E-state index in [0.29, 0.717) is 23.4 Å². The van der Waals surface area contributed by atoms with Gasteiger partial charge in [-0.25, -0.2) is 0 Å². The van der Waals surface area contributed by atoms with E-state index >= 15 is 0 Å². The Balaban J connectivity index is 2.16. The number of rotatable bonds is 4. The average Bonchev–Trinajstić information content (AvgIpc) is 2.88. The van der Waals surface area contributed by atoms with Gasteiger partial charge in [-0.05, 0) is 45.4 Å². The molecule has 0 aliphatic carbocycles. The summed E-state index contributed by atoms with van der Waals surface area (Å²) >= 11 is 0. The van der Waals surface area contributed by atoms with Gasteiger partial charge in [0, 0.05) is 29.7 Å². The van der Waals surface area contributed by atoms with Crippen molar-refractivity contribution in [3.63, 3.8) is 0 Å². The Hall–Kier alpha value is -2.30. The lowest BCUT2D eigenvalue weighted by molar-refractivity contribution is 0.0944. The fraction of sp³-hybridized carbons (Fsp3) is 0.375. The maximum absolute atomic E-state index is 12.3. The number of aryl methyl sites for hydroxylation is 2. The minimum Gasteiger partial charge on any atom is -0.354 e. The summed E-state index contributed by atoms with van der Waals surface area (Å²) in [5, 5.41) is 2.89. The van der Waals surface area contributed by atoms with Crippen LogP contribution in [0, 0.1) is 20.8 Å². The molecule has 0 spiro atoms. The van der Waals surface area contributed by atoms with Crippen molar-refractivity contribution in [2.45, 2.75) is 34.2 Å². The summed E-state index contributed by atoms with van der Waals surface area (Å²) in [6, 6.07) is 4.00. The summed E-state index contributed by atoms with van der Waals surface area (Å²) < 4.78 is 2.04. The SMILES string of the molecule is CC(=O)c1c(C)[nH]c(C(=O)NCc2ccc(C)n2C)c1C. The molecule has 0 saturated carbocycles. The van der Waals surface area contributed by atoms with Crippen LogP contribution in [0.1, 0.15) is 50.4 Å². The maximum atomic E-state index is 12.3. The highest BCUT2D eigenvalue weighted by molar-refractivity contribution is 6.02. The Morgan fingerprint density at radius 3 is 2.38 bits per heavy atom. The van der Waals surface area contributed by atoms with Crippen molar-refractivity contribution in [3.05, 3.63) is 46.0 Å². The number of hydrogen-bond acceptors (Lipinski definition) is 2. The highest BCUT2D eigenvalue weighted by atomic mass is 16.2. The van der Waals surface area contributed by atoms with Crippen molar-refractivity contribution in [1.29, 1.82) is 0 Å². The van der Waals surface area contributed by atoms with Gasteiger partial charge >= 0.3 is 0 Å². The van der Waals surface area contributed by atoms with Crippen LogP contribution >= 0.6 is 0 Å². The largest absolute Gasteiger partial charge is 0.354 e. The van der Waals surface area contributed by atoms with Gasteiger partial charge in [0.2, 0.25) is 0 Å². The van der Waals surface area contributed by atoms with E-state index in [4.69, 9.17) is 0 Å². The Kier molecular flexibility index (Phi) is 4.02. The number of aromatic amines is 1. The minimum absolute atomic E-state index is 0.0293. The van der Waals surface area contributed by atoms with E-state index in [1.54, 1.807) is 13.8 Å². The molecular formula is C16H21N3O2. The highest BCUT2D eigenvalue weighted by Crippen LogP contribution is 2.18. The zero-order chi connectivity index (χ0) is 15.7.